The summed E-state index contributed by atoms with van der Waals surface area (Å²) in [6, 6.07) is 7.94. The van der Waals surface area contributed by atoms with Crippen molar-refractivity contribution in [2.45, 2.75) is 29.7 Å². The van der Waals surface area contributed by atoms with E-state index in [1.807, 2.05) is 12.2 Å². The Morgan fingerprint density at radius 1 is 1.28 bits per heavy atom. The molecule has 158 valence electrons. The van der Waals surface area contributed by atoms with Gasteiger partial charge in [0.2, 0.25) is 0 Å². The maximum absolute atomic E-state index is 11.9. The minimum Gasteiger partial charge on any atom is -0.450 e. The number of ether oxygens (including phenoxy) is 1. The molecule has 2 aliphatic rings. The van der Waals surface area contributed by atoms with Crippen LogP contribution >= 0.6 is 0 Å². The van der Waals surface area contributed by atoms with Crippen molar-refractivity contribution in [3.05, 3.63) is 70.2 Å². The van der Waals surface area contributed by atoms with E-state index in [1.165, 1.54) is 40.9 Å². The third kappa shape index (κ3) is 12.0. The number of carbonyl (C=O) groups excluding carboxylic acids is 1. The van der Waals surface area contributed by atoms with E-state index >= 15 is 0 Å². The van der Waals surface area contributed by atoms with E-state index < -0.39 is 6.09 Å². The van der Waals surface area contributed by atoms with Crippen LogP contribution in [0.5, 0.6) is 0 Å². The molecule has 2 radical (unpaired) electrons. The Balaban J connectivity index is 0.000000229. The number of carbonyl (C=O) groups is 1. The van der Waals surface area contributed by atoms with Gasteiger partial charge >= 0.3 is 74.7 Å². The molecule has 0 saturated carbocycles. The maximum Gasteiger partial charge on any atom is 0.404 e. The Morgan fingerprint density at radius 3 is 2.38 bits per heavy atom. The SMILES string of the molecule is C=CC1=[C](C=C)[Pb][CH2]C1.CN1CCC(CCOC(N)=O)CC1.Fc1ccccc1. The van der Waals surface area contributed by atoms with Crippen LogP contribution in [0, 0.1) is 11.7 Å². The molecule has 2 aliphatic heterocycles. The predicted molar refractivity (Wildman–Crippen MR) is 119 cm³/mol. The number of hydrogen-bond acceptors (Lipinski definition) is 3. The Bertz CT molecular complexity index is 638. The number of likely N-dealkylation sites (tertiary alicyclic amines) is 1. The van der Waals surface area contributed by atoms with Gasteiger partial charge in [-0.05, 0) is 57.5 Å². The van der Waals surface area contributed by atoms with Crippen molar-refractivity contribution in [2.75, 3.05) is 26.7 Å². The molecule has 3 rings (SSSR count). The van der Waals surface area contributed by atoms with Crippen LogP contribution in [0.4, 0.5) is 9.18 Å². The van der Waals surface area contributed by atoms with Crippen LogP contribution in [-0.2, 0) is 4.74 Å². The molecule has 1 fully saturated rings. The van der Waals surface area contributed by atoms with E-state index in [-0.39, 0.29) is 30.1 Å². The van der Waals surface area contributed by atoms with Gasteiger partial charge in [0.15, 0.2) is 0 Å². The molecule has 0 spiro atoms. The van der Waals surface area contributed by atoms with Crippen molar-refractivity contribution < 1.29 is 13.9 Å². The van der Waals surface area contributed by atoms with Crippen LogP contribution in [0.1, 0.15) is 25.7 Å². The minimum atomic E-state index is -0.659. The first-order valence-corrected chi connectivity index (χ1v) is 14.7. The summed E-state index contributed by atoms with van der Waals surface area (Å²) in [6.45, 7) is 10.3. The molecule has 6 heteroatoms. The van der Waals surface area contributed by atoms with Gasteiger partial charge in [-0.15, -0.1) is 0 Å². The Morgan fingerprint density at radius 2 is 1.93 bits per heavy atom. The average molecular weight is 596 g/mol. The van der Waals surface area contributed by atoms with Crippen molar-refractivity contribution in [1.29, 1.82) is 0 Å². The third-order valence-corrected chi connectivity index (χ3v) is 10.3. The number of primary amides is 1. The van der Waals surface area contributed by atoms with Gasteiger partial charge < -0.3 is 15.4 Å². The molecule has 4 nitrogen and oxygen atoms in total. The van der Waals surface area contributed by atoms with Crippen molar-refractivity contribution in [1.82, 2.24) is 4.90 Å². The zero-order chi connectivity index (χ0) is 21.5. The van der Waals surface area contributed by atoms with Crippen LogP contribution in [0.3, 0.4) is 0 Å². The van der Waals surface area contributed by atoms with E-state index in [4.69, 9.17) is 10.5 Å². The molecular weight excluding hydrogens is 562 g/mol. The van der Waals surface area contributed by atoms with E-state index in [0.717, 1.165) is 19.5 Å². The average Bonchev–Trinajstić information content (AvgIpc) is 3.19. The molecule has 0 aromatic heterocycles. The predicted octanol–water partition coefficient (Wildman–Crippen LogP) is 4.78. The number of rotatable bonds is 5. The summed E-state index contributed by atoms with van der Waals surface area (Å²) in [5.74, 6) is 0.526. The fourth-order valence-electron chi connectivity index (χ4n) is 3.09. The van der Waals surface area contributed by atoms with Gasteiger partial charge in [-0.2, -0.15) is 0 Å². The van der Waals surface area contributed by atoms with Gasteiger partial charge in [-0.1, -0.05) is 18.2 Å². The number of benzene rings is 1. The smallest absolute Gasteiger partial charge is 0.404 e. The zero-order valence-electron chi connectivity index (χ0n) is 17.4. The van der Waals surface area contributed by atoms with Crippen LogP contribution in [-0.4, -0.2) is 62.0 Å². The second-order valence-electron chi connectivity index (χ2n) is 7.02. The van der Waals surface area contributed by atoms with Crippen molar-refractivity contribution in [3.8, 4) is 0 Å². The molecule has 0 atom stereocenters. The fraction of sp³-hybridized carbons (Fsp3) is 0.435. The summed E-state index contributed by atoms with van der Waals surface area (Å²) in [6.07, 6.45) is 8.03. The first-order chi connectivity index (χ1) is 14.0. The molecule has 2 heterocycles. The van der Waals surface area contributed by atoms with Crippen molar-refractivity contribution in [2.24, 2.45) is 11.7 Å². The molecular formula is C23H33FN2O2Pb. The van der Waals surface area contributed by atoms with E-state index in [2.05, 4.69) is 25.1 Å². The molecule has 0 unspecified atom stereocenters. The van der Waals surface area contributed by atoms with Crippen LogP contribution in [0.2, 0.25) is 3.98 Å². The van der Waals surface area contributed by atoms with E-state index in [9.17, 15) is 9.18 Å². The standard InChI is InChI=1S/C9H18N2O2.C8H10.C6H5F.Pb/c1-11-5-2-8(3-6-11)4-7-13-9(10)12;1-4-7-8(5-2)6-3;7-6-4-2-1-3-5-6;/h8H,2-7H2,1H3,(H2,10,12);4-5H,1-3,6H2;1-5H;. The number of allylic oxidation sites excluding steroid dienone is 4. The quantitative estimate of drug-likeness (QED) is 0.499. The number of nitrogens with zero attached hydrogens (tertiary/aromatic N) is 1. The molecule has 0 bridgehead atoms. The van der Waals surface area contributed by atoms with Crippen LogP contribution in [0.15, 0.2) is 64.3 Å². The summed E-state index contributed by atoms with van der Waals surface area (Å²) in [7, 11) is 2.14. The van der Waals surface area contributed by atoms with Gasteiger partial charge in [0, 0.05) is 0 Å². The summed E-state index contributed by atoms with van der Waals surface area (Å²) >= 11 is -0.355. The number of piperidine rings is 1. The van der Waals surface area contributed by atoms with Gasteiger partial charge in [0.1, 0.15) is 5.82 Å². The van der Waals surface area contributed by atoms with Gasteiger partial charge in [0.25, 0.3) is 0 Å². The van der Waals surface area contributed by atoms with Crippen molar-refractivity contribution >= 4 is 30.3 Å². The van der Waals surface area contributed by atoms with Crippen LogP contribution < -0.4 is 5.73 Å². The normalized spacial score (nSPS) is 16.8. The molecule has 1 saturated heterocycles. The monoisotopic (exact) mass is 596 g/mol. The molecule has 1 amide bonds. The number of amides is 1. The van der Waals surface area contributed by atoms with Gasteiger partial charge in [-0.25, -0.2) is 9.18 Å². The van der Waals surface area contributed by atoms with Crippen LogP contribution in [0.25, 0.3) is 0 Å². The number of nitrogens with two attached hydrogens (primary N) is 1. The largest absolute Gasteiger partial charge is 0.450 e. The Labute approximate surface area is 186 Å². The number of hydrogen-bond donors (Lipinski definition) is 1. The first-order valence-electron chi connectivity index (χ1n) is 9.99. The van der Waals surface area contributed by atoms with Gasteiger partial charge in [-0.3, -0.25) is 0 Å². The fourth-order valence-corrected chi connectivity index (χ4v) is 7.99. The minimum absolute atomic E-state index is 0.178. The zero-order valence-corrected chi connectivity index (χ0v) is 21.3. The second-order valence-corrected chi connectivity index (χ2v) is 12.4. The summed E-state index contributed by atoms with van der Waals surface area (Å²) in [5, 5.41) is 0. The summed E-state index contributed by atoms with van der Waals surface area (Å²) < 4.78 is 19.7. The van der Waals surface area contributed by atoms with E-state index in [0.29, 0.717) is 12.5 Å². The third-order valence-electron chi connectivity index (χ3n) is 4.85. The molecule has 2 N–H and O–H groups in total. The van der Waals surface area contributed by atoms with Crippen molar-refractivity contribution in [3.63, 3.8) is 0 Å². The summed E-state index contributed by atoms with van der Waals surface area (Å²) in [5.41, 5.74) is 6.34. The topological polar surface area (TPSA) is 55.6 Å². The molecule has 1 aromatic carbocycles. The Kier molecular flexibility index (Phi) is 13.5. The maximum atomic E-state index is 11.9. The molecule has 1 aromatic rings. The first kappa shape index (κ1) is 25.6. The molecule has 0 aliphatic carbocycles. The number of halogens is 1. The van der Waals surface area contributed by atoms with E-state index in [1.54, 1.807) is 21.3 Å². The summed E-state index contributed by atoms with van der Waals surface area (Å²) in [4.78, 5) is 12.6. The Hall–Kier alpha value is -1.48. The molecule has 29 heavy (non-hydrogen) atoms. The van der Waals surface area contributed by atoms with Gasteiger partial charge in [0.05, 0.1) is 6.61 Å². The second kappa shape index (κ2) is 15.4.